The van der Waals surface area contributed by atoms with Crippen LogP contribution in [0.4, 0.5) is 0 Å². The molecule has 144 valence electrons. The maximum atomic E-state index is 11.9. The molecule has 0 aliphatic rings. The Hall–Kier alpha value is -2.49. The predicted molar refractivity (Wildman–Crippen MR) is 104 cm³/mol. The van der Waals surface area contributed by atoms with E-state index in [0.29, 0.717) is 12.1 Å². The Balaban J connectivity index is 1.75. The number of hydrogen-bond donors (Lipinski definition) is 2. The Morgan fingerprint density at radius 3 is 2.59 bits per heavy atom. The second-order valence-electron chi connectivity index (χ2n) is 5.51. The van der Waals surface area contributed by atoms with Crippen molar-refractivity contribution in [2.75, 3.05) is 6.54 Å². The quantitative estimate of drug-likeness (QED) is 0.617. The van der Waals surface area contributed by atoms with E-state index in [9.17, 15) is 18.0 Å². The molecule has 1 unspecified atom stereocenters. The number of benzene rings is 1. The van der Waals surface area contributed by atoms with E-state index in [2.05, 4.69) is 10.0 Å². The number of carbonyl (C=O) groups is 2. The molecular formula is C18H20N2O5S2. The highest BCUT2D eigenvalue weighted by atomic mass is 32.2. The molecule has 0 fully saturated rings. The standard InChI is InChI=1S/C18H20N2O5S2/c1-14(18(22)19-12-16-8-5-10-26-16)25-17(21)13-20-27(23,24)11-9-15-6-3-2-4-7-15/h2-11,14,20H,12-13H2,1H3,(H,19,22)/b11-9+. The van der Waals surface area contributed by atoms with Crippen molar-refractivity contribution >= 4 is 39.3 Å². The van der Waals surface area contributed by atoms with Crippen LogP contribution in [0.1, 0.15) is 17.4 Å². The van der Waals surface area contributed by atoms with Gasteiger partial charge in [-0.15, -0.1) is 11.3 Å². The normalized spacial score (nSPS) is 12.6. The summed E-state index contributed by atoms with van der Waals surface area (Å²) in [4.78, 5) is 24.6. The van der Waals surface area contributed by atoms with Gasteiger partial charge in [0.1, 0.15) is 6.54 Å². The van der Waals surface area contributed by atoms with Crippen LogP contribution in [0.25, 0.3) is 6.08 Å². The van der Waals surface area contributed by atoms with Gasteiger partial charge in [0.15, 0.2) is 6.10 Å². The smallest absolute Gasteiger partial charge is 0.321 e. The van der Waals surface area contributed by atoms with Gasteiger partial charge in [0, 0.05) is 10.3 Å². The molecule has 2 N–H and O–H groups in total. The maximum absolute atomic E-state index is 11.9. The van der Waals surface area contributed by atoms with Gasteiger partial charge in [-0.05, 0) is 30.0 Å². The zero-order chi connectivity index (χ0) is 19.7. The van der Waals surface area contributed by atoms with Crippen molar-refractivity contribution in [2.45, 2.75) is 19.6 Å². The van der Waals surface area contributed by atoms with Crippen molar-refractivity contribution in [1.82, 2.24) is 10.0 Å². The number of rotatable bonds is 9. The summed E-state index contributed by atoms with van der Waals surface area (Å²) >= 11 is 1.50. The molecule has 2 rings (SSSR count). The molecular weight excluding hydrogens is 388 g/mol. The zero-order valence-electron chi connectivity index (χ0n) is 14.6. The van der Waals surface area contributed by atoms with Gasteiger partial charge in [-0.25, -0.2) is 13.1 Å². The number of nitrogens with one attached hydrogen (secondary N) is 2. The molecule has 0 saturated carbocycles. The van der Waals surface area contributed by atoms with E-state index in [-0.39, 0.29) is 0 Å². The summed E-state index contributed by atoms with van der Waals surface area (Å²) in [5, 5.41) is 5.50. The fourth-order valence-electron chi connectivity index (χ4n) is 1.96. The van der Waals surface area contributed by atoms with Crippen LogP contribution in [-0.2, 0) is 30.9 Å². The van der Waals surface area contributed by atoms with Gasteiger partial charge in [-0.1, -0.05) is 36.4 Å². The van der Waals surface area contributed by atoms with Gasteiger partial charge in [0.2, 0.25) is 10.0 Å². The third-order valence-corrected chi connectivity index (χ3v) is 5.27. The number of ether oxygens (including phenoxy) is 1. The van der Waals surface area contributed by atoms with E-state index in [1.807, 2.05) is 23.6 Å². The molecule has 0 aliphatic heterocycles. The summed E-state index contributed by atoms with van der Waals surface area (Å²) < 4.78 is 30.8. The van der Waals surface area contributed by atoms with Crippen molar-refractivity contribution in [1.29, 1.82) is 0 Å². The van der Waals surface area contributed by atoms with Gasteiger partial charge >= 0.3 is 5.97 Å². The van der Waals surface area contributed by atoms with Crippen LogP contribution >= 0.6 is 11.3 Å². The first-order valence-electron chi connectivity index (χ1n) is 8.08. The van der Waals surface area contributed by atoms with Crippen LogP contribution in [0.15, 0.2) is 53.3 Å². The van der Waals surface area contributed by atoms with Gasteiger partial charge in [-0.2, -0.15) is 0 Å². The molecule has 0 spiro atoms. The Kier molecular flexibility index (Phi) is 7.71. The molecule has 0 aliphatic carbocycles. The lowest BCUT2D eigenvalue weighted by atomic mass is 10.2. The van der Waals surface area contributed by atoms with Crippen LogP contribution in [0.3, 0.4) is 0 Å². The molecule has 1 heterocycles. The van der Waals surface area contributed by atoms with E-state index in [0.717, 1.165) is 10.3 Å². The predicted octanol–water partition coefficient (Wildman–Crippen LogP) is 1.89. The number of hydrogen-bond acceptors (Lipinski definition) is 6. The number of carbonyl (C=O) groups excluding carboxylic acids is 2. The fourth-order valence-corrected chi connectivity index (χ4v) is 3.36. The van der Waals surface area contributed by atoms with Crippen molar-refractivity contribution in [3.8, 4) is 0 Å². The molecule has 1 amide bonds. The van der Waals surface area contributed by atoms with Crippen molar-refractivity contribution < 1.29 is 22.7 Å². The molecule has 1 atom stereocenters. The second-order valence-corrected chi connectivity index (χ2v) is 8.19. The first kappa shape index (κ1) is 20.8. The molecule has 0 radical (unpaired) electrons. The average molecular weight is 409 g/mol. The fraction of sp³-hybridized carbons (Fsp3) is 0.222. The van der Waals surface area contributed by atoms with Crippen LogP contribution in [0.5, 0.6) is 0 Å². The van der Waals surface area contributed by atoms with Gasteiger partial charge < -0.3 is 10.1 Å². The lowest BCUT2D eigenvalue weighted by Crippen LogP contribution is -2.38. The molecule has 1 aromatic heterocycles. The lowest BCUT2D eigenvalue weighted by molar-refractivity contribution is -0.153. The van der Waals surface area contributed by atoms with Gasteiger partial charge in [0.05, 0.1) is 6.54 Å². The van der Waals surface area contributed by atoms with E-state index in [1.54, 1.807) is 24.3 Å². The average Bonchev–Trinajstić information content (AvgIpc) is 3.17. The third kappa shape index (κ3) is 7.73. The number of amides is 1. The minimum absolute atomic E-state index is 0.343. The minimum atomic E-state index is -3.80. The Morgan fingerprint density at radius 2 is 1.93 bits per heavy atom. The van der Waals surface area contributed by atoms with Crippen LogP contribution in [0.2, 0.25) is 0 Å². The summed E-state index contributed by atoms with van der Waals surface area (Å²) in [6.45, 7) is 1.20. The summed E-state index contributed by atoms with van der Waals surface area (Å²) in [5.41, 5.74) is 0.710. The van der Waals surface area contributed by atoms with Crippen molar-refractivity contribution in [3.63, 3.8) is 0 Å². The molecule has 0 bridgehead atoms. The highest BCUT2D eigenvalue weighted by Gasteiger charge is 2.18. The molecule has 2 aromatic rings. The topological polar surface area (TPSA) is 102 Å². The van der Waals surface area contributed by atoms with Gasteiger partial charge in [-0.3, -0.25) is 9.59 Å². The minimum Gasteiger partial charge on any atom is -0.452 e. The summed E-state index contributed by atoms with van der Waals surface area (Å²) in [7, 11) is -3.80. The van der Waals surface area contributed by atoms with E-state index in [1.165, 1.54) is 24.3 Å². The molecule has 9 heteroatoms. The first-order chi connectivity index (χ1) is 12.9. The lowest BCUT2D eigenvalue weighted by Gasteiger charge is -2.13. The third-order valence-electron chi connectivity index (χ3n) is 3.35. The number of sulfonamides is 1. The monoisotopic (exact) mass is 408 g/mol. The number of thiophene rings is 1. The van der Waals surface area contributed by atoms with E-state index >= 15 is 0 Å². The van der Waals surface area contributed by atoms with Crippen LogP contribution < -0.4 is 10.0 Å². The highest BCUT2D eigenvalue weighted by Crippen LogP contribution is 2.07. The summed E-state index contributed by atoms with van der Waals surface area (Å²) in [6, 6.07) is 12.6. The van der Waals surface area contributed by atoms with E-state index < -0.39 is 34.5 Å². The first-order valence-corrected chi connectivity index (χ1v) is 10.5. The molecule has 7 nitrogen and oxygen atoms in total. The summed E-state index contributed by atoms with van der Waals surface area (Å²) in [5.74, 6) is -1.30. The Morgan fingerprint density at radius 1 is 1.19 bits per heavy atom. The number of esters is 1. The van der Waals surface area contributed by atoms with Crippen LogP contribution in [0, 0.1) is 0 Å². The Bertz CT molecular complexity index is 878. The van der Waals surface area contributed by atoms with E-state index in [4.69, 9.17) is 4.74 Å². The largest absolute Gasteiger partial charge is 0.452 e. The SMILES string of the molecule is CC(OC(=O)CNS(=O)(=O)/C=C/c1ccccc1)C(=O)NCc1cccs1. The van der Waals surface area contributed by atoms with Crippen molar-refractivity contribution in [2.24, 2.45) is 0 Å². The highest BCUT2D eigenvalue weighted by molar-refractivity contribution is 7.92. The molecule has 1 aromatic carbocycles. The second kappa shape index (κ2) is 10.0. The summed E-state index contributed by atoms with van der Waals surface area (Å²) in [6.07, 6.45) is 0.385. The van der Waals surface area contributed by atoms with Crippen molar-refractivity contribution in [3.05, 3.63) is 63.7 Å². The maximum Gasteiger partial charge on any atom is 0.321 e. The Labute approximate surface area is 162 Å². The van der Waals surface area contributed by atoms with Gasteiger partial charge in [0.25, 0.3) is 5.91 Å². The van der Waals surface area contributed by atoms with Crippen LogP contribution in [-0.4, -0.2) is 32.9 Å². The zero-order valence-corrected chi connectivity index (χ0v) is 16.3. The molecule has 27 heavy (non-hydrogen) atoms. The molecule has 0 saturated heterocycles.